The minimum absolute atomic E-state index is 0.0149. The molecule has 190 valence electrons. The molecule has 10 heteroatoms. The second-order valence-corrected chi connectivity index (χ2v) is 9.11. The van der Waals surface area contributed by atoms with Crippen LogP contribution < -0.4 is 24.6 Å². The van der Waals surface area contributed by atoms with Gasteiger partial charge in [0.15, 0.2) is 0 Å². The summed E-state index contributed by atoms with van der Waals surface area (Å²) in [6, 6.07) is 9.09. The quantitative estimate of drug-likeness (QED) is 0.489. The highest BCUT2D eigenvalue weighted by Gasteiger charge is 2.41. The summed E-state index contributed by atoms with van der Waals surface area (Å²) in [6.07, 6.45) is -2.79. The fourth-order valence-electron chi connectivity index (χ4n) is 3.37. The van der Waals surface area contributed by atoms with Crippen molar-refractivity contribution in [2.45, 2.75) is 51.5 Å². The summed E-state index contributed by atoms with van der Waals surface area (Å²) in [5.74, 6) is -1.03. The Morgan fingerprint density at radius 1 is 1.09 bits per heavy atom. The van der Waals surface area contributed by atoms with E-state index in [9.17, 15) is 23.1 Å². The maximum atomic E-state index is 13.5. The Labute approximate surface area is 205 Å². The largest absolute Gasteiger partial charge is 0.490 e. The fraction of sp³-hybridized carbons (Fsp3) is 0.400. The van der Waals surface area contributed by atoms with E-state index in [1.165, 1.54) is 32.9 Å². The van der Waals surface area contributed by atoms with Gasteiger partial charge in [-0.05, 0) is 74.9 Å². The third-order valence-electron chi connectivity index (χ3n) is 5.38. The van der Waals surface area contributed by atoms with Gasteiger partial charge in [-0.3, -0.25) is 0 Å². The van der Waals surface area contributed by atoms with Crippen molar-refractivity contribution in [1.29, 1.82) is 0 Å². The van der Waals surface area contributed by atoms with Gasteiger partial charge in [-0.25, -0.2) is 4.79 Å². The molecule has 0 saturated carbocycles. The summed E-state index contributed by atoms with van der Waals surface area (Å²) in [6.45, 7) is 6.50. The van der Waals surface area contributed by atoms with Crippen LogP contribution in [0.15, 0.2) is 36.4 Å². The molecule has 1 heterocycles. The van der Waals surface area contributed by atoms with Crippen LogP contribution >= 0.6 is 11.6 Å². The molecule has 0 radical (unpaired) electrons. The van der Waals surface area contributed by atoms with Crippen LogP contribution in [0.5, 0.6) is 17.2 Å². The molecule has 1 N–H and O–H groups in total. The second kappa shape index (κ2) is 9.89. The monoisotopic (exact) mass is 514 g/mol. The molecule has 0 bridgehead atoms. The molecule has 1 aliphatic heterocycles. The second-order valence-electron chi connectivity index (χ2n) is 8.71. The van der Waals surface area contributed by atoms with Gasteiger partial charge in [0.25, 0.3) is 0 Å². The van der Waals surface area contributed by atoms with Crippen molar-refractivity contribution in [2.24, 2.45) is 0 Å². The molecule has 0 saturated heterocycles. The smallest absolute Gasteiger partial charge is 0.449 e. The van der Waals surface area contributed by atoms with E-state index in [1.807, 2.05) is 0 Å². The number of carboxylic acid groups (broad SMARTS) is 1. The number of benzene rings is 2. The number of hydrogen-bond acceptors (Lipinski definition) is 5. The summed E-state index contributed by atoms with van der Waals surface area (Å²) in [5.41, 5.74) is -2.48. The normalized spacial score (nSPS) is 16.3. The Hall–Kier alpha value is -3.07. The first-order chi connectivity index (χ1) is 16.2. The highest BCUT2D eigenvalue weighted by Crippen LogP contribution is 2.33. The van der Waals surface area contributed by atoms with Gasteiger partial charge in [0.2, 0.25) is 11.4 Å². The summed E-state index contributed by atoms with van der Waals surface area (Å²) in [7, 11) is 0. The molecular weight excluding hydrogens is 489 g/mol. The summed E-state index contributed by atoms with van der Waals surface area (Å²) in [4.78, 5) is 11.4. The molecule has 6 nitrogen and oxygen atoms in total. The number of carbonyl (C=O) groups is 1. The maximum absolute atomic E-state index is 13.5. The Kier molecular flexibility index (Phi) is 7.50. The third-order valence-corrected chi connectivity index (χ3v) is 5.67. The fourth-order valence-corrected chi connectivity index (χ4v) is 3.59. The zero-order valence-corrected chi connectivity index (χ0v) is 20.4. The van der Waals surface area contributed by atoms with E-state index < -0.39 is 29.1 Å². The van der Waals surface area contributed by atoms with Crippen LogP contribution in [-0.4, -0.2) is 41.7 Å². The van der Waals surface area contributed by atoms with Crippen molar-refractivity contribution in [3.05, 3.63) is 51.9 Å². The van der Waals surface area contributed by atoms with Crippen molar-refractivity contribution in [2.75, 3.05) is 13.2 Å². The molecule has 1 atom stereocenters. The van der Waals surface area contributed by atoms with E-state index >= 15 is 0 Å². The minimum Gasteiger partial charge on any atom is -0.490 e. The molecule has 2 aromatic carbocycles. The maximum Gasteiger partial charge on any atom is 0.449 e. The molecule has 1 aliphatic rings. The minimum atomic E-state index is -4.66. The Balaban J connectivity index is 1.65. The Bertz CT molecular complexity index is 1210. The van der Waals surface area contributed by atoms with Crippen molar-refractivity contribution < 1.29 is 42.0 Å². The van der Waals surface area contributed by atoms with Gasteiger partial charge in [0, 0.05) is 5.22 Å². The first-order valence-electron chi connectivity index (χ1n) is 10.8. The van der Waals surface area contributed by atoms with Crippen molar-refractivity contribution >= 4 is 29.4 Å². The molecule has 3 rings (SSSR count). The van der Waals surface area contributed by atoms with E-state index in [4.69, 9.17) is 30.5 Å². The Morgan fingerprint density at radius 2 is 1.69 bits per heavy atom. The average molecular weight is 515 g/mol. The van der Waals surface area contributed by atoms with Crippen LogP contribution in [0.25, 0.3) is 11.8 Å². The SMILES string of the molecule is CC[C@@](C)(Oc1ccc(OCCOc2cc3c(cc2Cl)=C(C(F)(F)F)OC(C)(C)C=3)cc1)C(=O)O. The van der Waals surface area contributed by atoms with Gasteiger partial charge in [-0.1, -0.05) is 18.5 Å². The predicted molar refractivity (Wildman–Crippen MR) is 124 cm³/mol. The zero-order valence-electron chi connectivity index (χ0n) is 19.7. The highest BCUT2D eigenvalue weighted by molar-refractivity contribution is 6.32. The lowest BCUT2D eigenvalue weighted by Gasteiger charge is -2.29. The van der Waals surface area contributed by atoms with Crippen LogP contribution in [-0.2, 0) is 9.53 Å². The number of hydrogen-bond donors (Lipinski definition) is 1. The summed E-state index contributed by atoms with van der Waals surface area (Å²) < 4.78 is 62.4. The number of ether oxygens (including phenoxy) is 4. The molecule has 0 aliphatic carbocycles. The number of carboxylic acids is 1. The molecule has 35 heavy (non-hydrogen) atoms. The zero-order chi connectivity index (χ0) is 26.0. The Morgan fingerprint density at radius 3 is 2.26 bits per heavy atom. The third kappa shape index (κ3) is 6.33. The van der Waals surface area contributed by atoms with Crippen molar-refractivity contribution in [1.82, 2.24) is 0 Å². The lowest BCUT2D eigenvalue weighted by atomic mass is 10.0. The number of alkyl halides is 3. The molecule has 2 aromatic rings. The molecule has 0 aromatic heterocycles. The van der Waals surface area contributed by atoms with Gasteiger partial charge < -0.3 is 24.1 Å². The van der Waals surface area contributed by atoms with Crippen LogP contribution in [0.4, 0.5) is 13.2 Å². The number of fused-ring (bicyclic) bond motifs is 1. The van der Waals surface area contributed by atoms with Crippen LogP contribution in [0.3, 0.4) is 0 Å². The topological polar surface area (TPSA) is 74.2 Å². The number of aliphatic carboxylic acids is 1. The highest BCUT2D eigenvalue weighted by atomic mass is 35.5. The average Bonchev–Trinajstić information content (AvgIpc) is 2.76. The van der Waals surface area contributed by atoms with E-state index in [0.29, 0.717) is 23.1 Å². The lowest BCUT2D eigenvalue weighted by Crippen LogP contribution is -2.43. The lowest BCUT2D eigenvalue weighted by molar-refractivity contribution is -0.154. The standard InChI is InChI=1S/C25H26ClF3O6/c1-5-24(4,22(30)31)34-17-8-6-16(7-9-17)32-10-11-33-20-12-15-14-23(2,3)35-21(25(27,28)29)18(15)13-19(20)26/h6-9,12-14H,5,10-11H2,1-4H3,(H,30,31)/t24-/m1/s1. The molecule has 0 fully saturated rings. The number of halogens is 4. The van der Waals surface area contributed by atoms with Crippen molar-refractivity contribution in [3.63, 3.8) is 0 Å². The van der Waals surface area contributed by atoms with Crippen molar-refractivity contribution in [3.8, 4) is 17.2 Å². The van der Waals surface area contributed by atoms with Crippen LogP contribution in [0.1, 0.15) is 34.1 Å². The summed E-state index contributed by atoms with van der Waals surface area (Å²) >= 11 is 6.18. The molecule has 0 unspecified atom stereocenters. The van der Waals surface area contributed by atoms with Gasteiger partial charge in [-0.15, -0.1) is 0 Å². The first kappa shape index (κ1) is 26.5. The summed E-state index contributed by atoms with van der Waals surface area (Å²) in [5, 5.41) is 9.49. The molecular formula is C25H26ClF3O6. The molecule has 0 spiro atoms. The van der Waals surface area contributed by atoms with Crippen LogP contribution in [0.2, 0.25) is 5.02 Å². The van der Waals surface area contributed by atoms with Crippen LogP contribution in [0, 0.1) is 0 Å². The van der Waals surface area contributed by atoms with E-state index in [0.717, 1.165) is 0 Å². The first-order valence-corrected chi connectivity index (χ1v) is 11.2. The van der Waals surface area contributed by atoms with Gasteiger partial charge in [0.05, 0.1) is 5.02 Å². The number of rotatable bonds is 9. The molecule has 0 amide bonds. The van der Waals surface area contributed by atoms with Gasteiger partial charge in [-0.2, -0.15) is 13.2 Å². The van der Waals surface area contributed by atoms with Gasteiger partial charge in [0.1, 0.15) is 36.1 Å². The van der Waals surface area contributed by atoms with Gasteiger partial charge >= 0.3 is 12.1 Å². The predicted octanol–water partition coefficient (Wildman–Crippen LogP) is 4.69. The van der Waals surface area contributed by atoms with E-state index in [2.05, 4.69) is 0 Å². The van der Waals surface area contributed by atoms with E-state index in [1.54, 1.807) is 37.3 Å². The van der Waals surface area contributed by atoms with E-state index in [-0.39, 0.29) is 29.2 Å².